The molecule has 2 N–H and O–H groups in total. The largest absolute Gasteiger partial charge is 0.382 e. The third-order valence-corrected chi connectivity index (χ3v) is 2.88. The third kappa shape index (κ3) is 2.12. The van der Waals surface area contributed by atoms with E-state index in [-0.39, 0.29) is 27.2 Å². The Balaban J connectivity index is 2.73. The Labute approximate surface area is 112 Å². The summed E-state index contributed by atoms with van der Waals surface area (Å²) in [6.45, 7) is 1.74. The minimum atomic E-state index is -0.569. The van der Waals surface area contributed by atoms with Crippen molar-refractivity contribution in [2.75, 3.05) is 5.73 Å². The lowest BCUT2D eigenvalue weighted by Gasteiger charge is -2.05. The zero-order valence-electron chi connectivity index (χ0n) is 9.22. The smallest absolute Gasteiger partial charge is 0.297 e. The van der Waals surface area contributed by atoms with Gasteiger partial charge in [-0.3, -0.25) is 10.1 Å². The number of nitro benzene ring substituents is 1. The van der Waals surface area contributed by atoms with E-state index < -0.39 is 4.92 Å². The molecule has 0 aliphatic heterocycles. The SMILES string of the molecule is Cc1cn(-c2c(Cl)cc(Cl)cc2[N+](=O)[O-])nc1N. The minimum absolute atomic E-state index is 0.136. The molecule has 2 rings (SSSR count). The standard InChI is InChI=1S/C10H8Cl2N4O2/c1-5-4-15(14-10(5)13)9-7(12)2-6(11)3-8(9)16(17)18/h2-4H,1H3,(H2,13,14). The van der Waals surface area contributed by atoms with Gasteiger partial charge in [0.2, 0.25) is 0 Å². The molecule has 0 saturated carbocycles. The zero-order chi connectivity index (χ0) is 13.4. The highest BCUT2D eigenvalue weighted by atomic mass is 35.5. The van der Waals surface area contributed by atoms with Crippen molar-refractivity contribution in [2.24, 2.45) is 0 Å². The van der Waals surface area contributed by atoms with Crippen LogP contribution in [0, 0.1) is 17.0 Å². The third-order valence-electron chi connectivity index (χ3n) is 2.37. The summed E-state index contributed by atoms with van der Waals surface area (Å²) in [7, 11) is 0. The molecule has 94 valence electrons. The fraction of sp³-hybridized carbons (Fsp3) is 0.100. The average molecular weight is 287 g/mol. The Morgan fingerprint density at radius 2 is 2.11 bits per heavy atom. The summed E-state index contributed by atoms with van der Waals surface area (Å²) in [5.74, 6) is 0.287. The Morgan fingerprint density at radius 1 is 1.44 bits per heavy atom. The Bertz CT molecular complexity index is 620. The van der Waals surface area contributed by atoms with Crippen LogP contribution >= 0.6 is 23.2 Å². The van der Waals surface area contributed by atoms with Crippen molar-refractivity contribution in [1.29, 1.82) is 0 Å². The second-order valence-electron chi connectivity index (χ2n) is 3.65. The Kier molecular flexibility index (Phi) is 3.14. The van der Waals surface area contributed by atoms with Crippen molar-refractivity contribution in [3.63, 3.8) is 0 Å². The Morgan fingerprint density at radius 3 is 2.61 bits per heavy atom. The number of hydrogen-bond acceptors (Lipinski definition) is 4. The van der Waals surface area contributed by atoms with Gasteiger partial charge in [0.15, 0.2) is 5.69 Å². The summed E-state index contributed by atoms with van der Waals surface area (Å²) in [5.41, 5.74) is 6.23. The number of halogens is 2. The molecular weight excluding hydrogens is 279 g/mol. The van der Waals surface area contributed by atoms with Gasteiger partial charge >= 0.3 is 0 Å². The van der Waals surface area contributed by atoms with Crippen LogP contribution in [-0.2, 0) is 0 Å². The van der Waals surface area contributed by atoms with Gasteiger partial charge in [-0.15, -0.1) is 0 Å². The van der Waals surface area contributed by atoms with Crippen molar-refractivity contribution < 1.29 is 4.92 Å². The number of hydrogen-bond donors (Lipinski definition) is 1. The molecule has 1 heterocycles. The summed E-state index contributed by atoms with van der Waals surface area (Å²) >= 11 is 11.7. The fourth-order valence-electron chi connectivity index (χ4n) is 1.51. The molecule has 0 saturated heterocycles. The van der Waals surface area contributed by atoms with Gasteiger partial charge in [-0.05, 0) is 13.0 Å². The van der Waals surface area contributed by atoms with Crippen molar-refractivity contribution >= 4 is 34.7 Å². The van der Waals surface area contributed by atoms with Crippen LogP contribution in [0.1, 0.15) is 5.56 Å². The minimum Gasteiger partial charge on any atom is -0.382 e. The average Bonchev–Trinajstić information content (AvgIpc) is 2.57. The van der Waals surface area contributed by atoms with E-state index in [1.807, 2.05) is 0 Å². The quantitative estimate of drug-likeness (QED) is 0.679. The second kappa shape index (κ2) is 4.47. The van der Waals surface area contributed by atoms with Crippen molar-refractivity contribution in [3.05, 3.63) is 44.1 Å². The number of aryl methyl sites for hydroxylation is 1. The summed E-state index contributed by atoms with van der Waals surface area (Å²) in [5, 5.41) is 15.3. The lowest BCUT2D eigenvalue weighted by molar-refractivity contribution is -0.384. The fourth-order valence-corrected chi connectivity index (χ4v) is 2.08. The van der Waals surface area contributed by atoms with Gasteiger partial charge in [-0.2, -0.15) is 5.10 Å². The summed E-state index contributed by atoms with van der Waals surface area (Å²) in [6.07, 6.45) is 1.57. The number of nitrogens with zero attached hydrogens (tertiary/aromatic N) is 3. The number of nitrogens with two attached hydrogens (primary N) is 1. The van der Waals surface area contributed by atoms with Crippen LogP contribution in [0.3, 0.4) is 0 Å². The molecule has 0 unspecified atom stereocenters. The molecule has 2 aromatic rings. The molecule has 0 radical (unpaired) electrons. The number of anilines is 1. The first kappa shape index (κ1) is 12.7. The molecular formula is C10H8Cl2N4O2. The molecule has 0 atom stereocenters. The molecule has 1 aromatic carbocycles. The molecule has 6 nitrogen and oxygen atoms in total. The highest BCUT2D eigenvalue weighted by molar-refractivity contribution is 6.36. The molecule has 0 amide bonds. The lowest BCUT2D eigenvalue weighted by atomic mass is 10.2. The summed E-state index contributed by atoms with van der Waals surface area (Å²) < 4.78 is 1.28. The van der Waals surface area contributed by atoms with E-state index >= 15 is 0 Å². The molecule has 0 fully saturated rings. The maximum Gasteiger partial charge on any atom is 0.297 e. The van der Waals surface area contributed by atoms with E-state index in [1.165, 1.54) is 16.8 Å². The summed E-state index contributed by atoms with van der Waals surface area (Å²) in [6, 6.07) is 2.63. The topological polar surface area (TPSA) is 87.0 Å². The van der Waals surface area contributed by atoms with Gasteiger partial charge in [-0.1, -0.05) is 23.2 Å². The second-order valence-corrected chi connectivity index (χ2v) is 4.50. The van der Waals surface area contributed by atoms with Gasteiger partial charge in [0, 0.05) is 22.8 Å². The van der Waals surface area contributed by atoms with Crippen molar-refractivity contribution in [2.45, 2.75) is 6.92 Å². The van der Waals surface area contributed by atoms with Gasteiger partial charge in [0.05, 0.1) is 9.95 Å². The van der Waals surface area contributed by atoms with Gasteiger partial charge in [0.1, 0.15) is 5.82 Å². The first-order valence-electron chi connectivity index (χ1n) is 4.85. The molecule has 0 spiro atoms. The van der Waals surface area contributed by atoms with Crippen LogP contribution in [0.5, 0.6) is 0 Å². The highest BCUT2D eigenvalue weighted by Gasteiger charge is 2.21. The normalized spacial score (nSPS) is 10.6. The van der Waals surface area contributed by atoms with Gasteiger partial charge in [0.25, 0.3) is 5.69 Å². The molecule has 0 aliphatic rings. The van der Waals surface area contributed by atoms with Gasteiger partial charge < -0.3 is 5.73 Å². The number of nitro groups is 1. The van der Waals surface area contributed by atoms with E-state index in [4.69, 9.17) is 28.9 Å². The number of benzene rings is 1. The first-order valence-corrected chi connectivity index (χ1v) is 5.61. The Hall–Kier alpha value is -1.79. The van der Waals surface area contributed by atoms with E-state index in [0.717, 1.165) is 0 Å². The highest BCUT2D eigenvalue weighted by Crippen LogP contribution is 2.34. The van der Waals surface area contributed by atoms with Crippen LogP contribution in [0.25, 0.3) is 5.69 Å². The van der Waals surface area contributed by atoms with Crippen LogP contribution in [0.2, 0.25) is 10.0 Å². The molecule has 0 bridgehead atoms. The summed E-state index contributed by atoms with van der Waals surface area (Å²) in [4.78, 5) is 10.4. The monoisotopic (exact) mass is 286 g/mol. The van der Waals surface area contributed by atoms with E-state index in [0.29, 0.717) is 5.56 Å². The van der Waals surface area contributed by atoms with Crippen LogP contribution in [0.15, 0.2) is 18.3 Å². The van der Waals surface area contributed by atoms with Crippen LogP contribution in [-0.4, -0.2) is 14.7 Å². The van der Waals surface area contributed by atoms with E-state index in [2.05, 4.69) is 5.10 Å². The maximum absolute atomic E-state index is 11.0. The maximum atomic E-state index is 11.0. The number of rotatable bonds is 2. The molecule has 0 aliphatic carbocycles. The lowest BCUT2D eigenvalue weighted by Crippen LogP contribution is -2.02. The predicted octanol–water partition coefficient (Wildman–Crippen LogP) is 2.98. The predicted molar refractivity (Wildman–Crippen MR) is 69.4 cm³/mol. The van der Waals surface area contributed by atoms with Crippen LogP contribution in [0.4, 0.5) is 11.5 Å². The number of aromatic nitrogens is 2. The van der Waals surface area contributed by atoms with Crippen molar-refractivity contribution in [3.8, 4) is 5.69 Å². The van der Waals surface area contributed by atoms with E-state index in [1.54, 1.807) is 13.1 Å². The van der Waals surface area contributed by atoms with Crippen LogP contribution < -0.4 is 5.73 Å². The van der Waals surface area contributed by atoms with E-state index in [9.17, 15) is 10.1 Å². The molecule has 1 aromatic heterocycles. The zero-order valence-corrected chi connectivity index (χ0v) is 10.7. The van der Waals surface area contributed by atoms with Crippen molar-refractivity contribution in [1.82, 2.24) is 9.78 Å². The number of nitrogen functional groups attached to an aromatic ring is 1. The molecule has 8 heteroatoms. The first-order chi connectivity index (χ1) is 8.40. The van der Waals surface area contributed by atoms with Gasteiger partial charge in [-0.25, -0.2) is 4.68 Å². The molecule has 18 heavy (non-hydrogen) atoms.